The molecule has 0 bridgehead atoms. The zero-order valence-corrected chi connectivity index (χ0v) is 22.5. The first-order valence-electron chi connectivity index (χ1n) is 13.5. The number of carbonyl (C=O) groups is 1. The zero-order chi connectivity index (χ0) is 28.4. The molecule has 5 rings (SSSR count). The van der Waals surface area contributed by atoms with Gasteiger partial charge in [-0.2, -0.15) is 13.2 Å². The second-order valence-electron chi connectivity index (χ2n) is 10.8. The Bertz CT molecular complexity index is 1530. The first-order chi connectivity index (χ1) is 19.1. The molecule has 1 amide bonds. The molecule has 0 radical (unpaired) electrons. The van der Waals surface area contributed by atoms with Gasteiger partial charge in [0.15, 0.2) is 5.58 Å². The average Bonchev–Trinajstić information content (AvgIpc) is 3.36. The number of nitrogens with zero attached hydrogens (tertiary/aromatic N) is 1. The van der Waals surface area contributed by atoms with E-state index >= 15 is 0 Å². The van der Waals surface area contributed by atoms with Gasteiger partial charge in [0.2, 0.25) is 5.89 Å². The molecular formula is C32H32F3N3O2. The van der Waals surface area contributed by atoms with Crippen molar-refractivity contribution in [2.45, 2.75) is 51.6 Å². The summed E-state index contributed by atoms with van der Waals surface area (Å²) in [7, 11) is 0. The Kier molecular flexibility index (Phi) is 7.70. The van der Waals surface area contributed by atoms with Crippen molar-refractivity contribution in [2.24, 2.45) is 5.92 Å². The van der Waals surface area contributed by atoms with Crippen LogP contribution < -0.4 is 11.1 Å². The first kappa shape index (κ1) is 27.5. The molecule has 0 fully saturated rings. The van der Waals surface area contributed by atoms with E-state index in [4.69, 9.17) is 10.2 Å². The summed E-state index contributed by atoms with van der Waals surface area (Å²) in [6.45, 7) is 4.72. The molecule has 1 heterocycles. The molecule has 208 valence electrons. The van der Waals surface area contributed by atoms with Crippen LogP contribution in [0.4, 0.5) is 18.9 Å². The summed E-state index contributed by atoms with van der Waals surface area (Å²) in [5.41, 5.74) is 11.9. The van der Waals surface area contributed by atoms with Crippen LogP contribution in [0, 0.1) is 5.92 Å². The molecule has 40 heavy (non-hydrogen) atoms. The molecule has 8 heteroatoms. The van der Waals surface area contributed by atoms with E-state index in [-0.39, 0.29) is 11.8 Å². The van der Waals surface area contributed by atoms with Gasteiger partial charge in [-0.3, -0.25) is 4.79 Å². The number of carbonyl (C=O) groups excluding carboxylic acids is 1. The van der Waals surface area contributed by atoms with E-state index in [0.29, 0.717) is 41.5 Å². The number of nitrogen functional groups attached to an aromatic ring is 1. The number of hydrogen-bond acceptors (Lipinski definition) is 4. The van der Waals surface area contributed by atoms with Crippen LogP contribution in [0.25, 0.3) is 22.6 Å². The molecular weight excluding hydrogens is 515 g/mol. The summed E-state index contributed by atoms with van der Waals surface area (Å²) in [5, 5.41) is 3.03. The van der Waals surface area contributed by atoms with E-state index in [2.05, 4.69) is 30.2 Å². The smallest absolute Gasteiger partial charge is 0.416 e. The predicted octanol–water partition coefficient (Wildman–Crippen LogP) is 7.92. The minimum absolute atomic E-state index is 0.140. The maximum Gasteiger partial charge on any atom is 0.416 e. The Labute approximate surface area is 231 Å². The molecule has 3 aromatic carbocycles. The van der Waals surface area contributed by atoms with Gasteiger partial charge >= 0.3 is 6.18 Å². The minimum Gasteiger partial charge on any atom is -0.436 e. The van der Waals surface area contributed by atoms with E-state index in [0.717, 1.165) is 53.7 Å². The number of nitrogens with two attached hydrogens (primary N) is 1. The van der Waals surface area contributed by atoms with Crippen LogP contribution in [0.3, 0.4) is 0 Å². The monoisotopic (exact) mass is 547 g/mol. The van der Waals surface area contributed by atoms with Crippen molar-refractivity contribution in [1.29, 1.82) is 0 Å². The second-order valence-corrected chi connectivity index (χ2v) is 10.8. The number of amides is 1. The number of hydrogen-bond donors (Lipinski definition) is 2. The fraction of sp³-hybridized carbons (Fsp3) is 0.312. The lowest BCUT2D eigenvalue weighted by atomic mass is 9.87. The van der Waals surface area contributed by atoms with Gasteiger partial charge in [0.05, 0.1) is 5.56 Å². The van der Waals surface area contributed by atoms with Crippen molar-refractivity contribution < 1.29 is 22.4 Å². The standard InChI is InChI=1S/C32H32F3N3O2/c1-19(2)27-16-26(36)17-28-29(27)40-31(38-28)24-11-9-23(10-12-24)30(39)37-18-22-5-3-20(4-6-22)15-21-7-13-25(14-8-21)32(33,34)35/h3,7-14,16-17,19,22H,4-6,15,18,36H2,1-2H3,(H,37,39). The third-order valence-electron chi connectivity index (χ3n) is 7.43. The highest BCUT2D eigenvalue weighted by Crippen LogP contribution is 2.33. The summed E-state index contributed by atoms with van der Waals surface area (Å²) in [6, 6.07) is 16.3. The molecule has 4 aromatic rings. The number of alkyl halides is 3. The number of fused-ring (bicyclic) bond motifs is 1. The molecule has 1 atom stereocenters. The molecule has 1 aromatic heterocycles. The average molecular weight is 548 g/mol. The van der Waals surface area contributed by atoms with Gasteiger partial charge in [-0.25, -0.2) is 4.98 Å². The maximum atomic E-state index is 12.8. The van der Waals surface area contributed by atoms with Crippen LogP contribution in [-0.4, -0.2) is 17.4 Å². The van der Waals surface area contributed by atoms with Crippen molar-refractivity contribution in [3.05, 3.63) is 94.6 Å². The van der Waals surface area contributed by atoms with Crippen molar-refractivity contribution in [3.63, 3.8) is 0 Å². The highest BCUT2D eigenvalue weighted by atomic mass is 19.4. The van der Waals surface area contributed by atoms with Gasteiger partial charge in [-0.1, -0.05) is 37.6 Å². The molecule has 5 nitrogen and oxygen atoms in total. The third kappa shape index (κ3) is 6.22. The zero-order valence-electron chi connectivity index (χ0n) is 22.5. The van der Waals surface area contributed by atoms with Crippen molar-refractivity contribution >= 4 is 22.7 Å². The van der Waals surface area contributed by atoms with Crippen molar-refractivity contribution in [1.82, 2.24) is 10.3 Å². The van der Waals surface area contributed by atoms with Crippen LogP contribution >= 0.6 is 0 Å². The first-order valence-corrected chi connectivity index (χ1v) is 13.5. The summed E-state index contributed by atoms with van der Waals surface area (Å²) in [6.07, 6.45) is 1.11. The second kappa shape index (κ2) is 11.2. The third-order valence-corrected chi connectivity index (χ3v) is 7.43. The van der Waals surface area contributed by atoms with Gasteiger partial charge in [0.1, 0.15) is 5.52 Å². The normalized spacial score (nSPS) is 15.8. The molecule has 0 saturated carbocycles. The number of aromatic nitrogens is 1. The number of halogens is 3. The lowest BCUT2D eigenvalue weighted by Crippen LogP contribution is -2.30. The lowest BCUT2D eigenvalue weighted by Gasteiger charge is -2.22. The van der Waals surface area contributed by atoms with E-state index in [1.165, 1.54) is 5.57 Å². The highest BCUT2D eigenvalue weighted by Gasteiger charge is 2.30. The summed E-state index contributed by atoms with van der Waals surface area (Å²) < 4.78 is 44.4. The van der Waals surface area contributed by atoms with Gasteiger partial charge in [-0.15, -0.1) is 0 Å². The number of nitrogens with one attached hydrogen (secondary N) is 1. The lowest BCUT2D eigenvalue weighted by molar-refractivity contribution is -0.137. The van der Waals surface area contributed by atoms with Crippen molar-refractivity contribution in [3.8, 4) is 11.5 Å². The van der Waals surface area contributed by atoms with Crippen LogP contribution in [0.1, 0.15) is 66.1 Å². The number of oxazole rings is 1. The Balaban J connectivity index is 1.15. The fourth-order valence-corrected chi connectivity index (χ4v) is 5.10. The van der Waals surface area contributed by atoms with Crippen LogP contribution in [0.15, 0.2) is 76.7 Å². The largest absolute Gasteiger partial charge is 0.436 e. The molecule has 0 spiro atoms. The van der Waals surface area contributed by atoms with Gasteiger partial charge in [0.25, 0.3) is 5.91 Å². The maximum absolute atomic E-state index is 12.8. The Morgan fingerprint density at radius 1 is 1.10 bits per heavy atom. The number of anilines is 1. The molecule has 3 N–H and O–H groups in total. The molecule has 1 unspecified atom stereocenters. The predicted molar refractivity (Wildman–Crippen MR) is 151 cm³/mol. The summed E-state index contributed by atoms with van der Waals surface area (Å²) in [4.78, 5) is 17.4. The molecule has 0 aliphatic heterocycles. The Morgan fingerprint density at radius 3 is 2.45 bits per heavy atom. The summed E-state index contributed by atoms with van der Waals surface area (Å²) >= 11 is 0. The van der Waals surface area contributed by atoms with Gasteiger partial charge in [0, 0.05) is 28.9 Å². The van der Waals surface area contributed by atoms with E-state index in [1.54, 1.807) is 30.3 Å². The fourth-order valence-electron chi connectivity index (χ4n) is 5.10. The molecule has 1 aliphatic carbocycles. The number of allylic oxidation sites excluding steroid dienone is 2. The summed E-state index contributed by atoms with van der Waals surface area (Å²) in [5.74, 6) is 0.902. The van der Waals surface area contributed by atoms with Crippen molar-refractivity contribution in [2.75, 3.05) is 12.3 Å². The minimum atomic E-state index is -4.32. The quantitative estimate of drug-likeness (QED) is 0.182. The van der Waals surface area contributed by atoms with Gasteiger partial charge < -0.3 is 15.5 Å². The molecule has 1 aliphatic rings. The van der Waals surface area contributed by atoms with Gasteiger partial charge in [-0.05, 0) is 91.6 Å². The Morgan fingerprint density at radius 2 is 1.82 bits per heavy atom. The van der Waals surface area contributed by atoms with Crippen LogP contribution in [0.2, 0.25) is 0 Å². The van der Waals surface area contributed by atoms with Crippen LogP contribution in [-0.2, 0) is 12.6 Å². The van der Waals surface area contributed by atoms with Crippen LogP contribution in [0.5, 0.6) is 0 Å². The highest BCUT2D eigenvalue weighted by molar-refractivity contribution is 5.94. The number of benzene rings is 3. The topological polar surface area (TPSA) is 81.1 Å². The molecule has 0 saturated heterocycles. The number of rotatable bonds is 7. The SMILES string of the molecule is CC(C)c1cc(N)cc2nc(-c3ccc(C(=O)NCC4CC=C(Cc5ccc(C(F)(F)F)cc5)CC4)cc3)oc12. The van der Waals surface area contributed by atoms with E-state index in [9.17, 15) is 18.0 Å². The van der Waals surface area contributed by atoms with E-state index < -0.39 is 11.7 Å². The Hall–Kier alpha value is -4.07. The van der Waals surface area contributed by atoms with E-state index in [1.807, 2.05) is 18.2 Å².